The van der Waals surface area contributed by atoms with E-state index in [2.05, 4.69) is 19.9 Å². The number of nitrogens with two attached hydrogens (primary N) is 1. The number of H-pyrrole nitrogens is 1. The lowest BCUT2D eigenvalue weighted by Crippen LogP contribution is -2.19. The van der Waals surface area contributed by atoms with Crippen molar-refractivity contribution in [2.45, 2.75) is 14.9 Å². The number of anilines is 1. The molecule has 0 amide bonds. The average Bonchev–Trinajstić information content (AvgIpc) is 2.81. The Morgan fingerprint density at radius 3 is 2.78 bits per heavy atom. The zero-order chi connectivity index (χ0) is 13.2. The van der Waals surface area contributed by atoms with Gasteiger partial charge in [-0.2, -0.15) is 5.10 Å². The summed E-state index contributed by atoms with van der Waals surface area (Å²) in [5.41, 5.74) is 5.92. The van der Waals surface area contributed by atoms with Crippen LogP contribution in [0.2, 0.25) is 0 Å². The first-order valence-corrected chi connectivity index (χ1v) is 7.19. The maximum Gasteiger partial charge on any atom is 0.242 e. The summed E-state index contributed by atoms with van der Waals surface area (Å²) < 4.78 is 25.5. The maximum atomic E-state index is 11.6. The molecule has 0 saturated heterocycles. The number of nitrogen functional groups attached to an aromatic ring is 1. The number of rotatable bonds is 4. The van der Waals surface area contributed by atoms with Crippen molar-refractivity contribution in [2.75, 3.05) is 12.8 Å². The van der Waals surface area contributed by atoms with Gasteiger partial charge in [0.1, 0.15) is 11.2 Å². The molecule has 0 aliphatic carbocycles. The molecule has 0 bridgehead atoms. The molecule has 7 nitrogen and oxygen atoms in total. The molecule has 1 aromatic carbocycles. The Balaban J connectivity index is 2.31. The highest BCUT2D eigenvalue weighted by Crippen LogP contribution is 2.28. The summed E-state index contributed by atoms with van der Waals surface area (Å²) in [4.78, 5) is 4.79. The van der Waals surface area contributed by atoms with Crippen LogP contribution in [-0.2, 0) is 10.0 Å². The lowest BCUT2D eigenvalue weighted by Gasteiger charge is -2.07. The van der Waals surface area contributed by atoms with Gasteiger partial charge in [0.25, 0.3) is 0 Å². The van der Waals surface area contributed by atoms with Crippen LogP contribution in [0.5, 0.6) is 0 Å². The monoisotopic (exact) mass is 285 g/mol. The van der Waals surface area contributed by atoms with Gasteiger partial charge in [-0.25, -0.2) is 18.1 Å². The number of hydrogen-bond acceptors (Lipinski definition) is 6. The van der Waals surface area contributed by atoms with Crippen molar-refractivity contribution in [3.8, 4) is 0 Å². The first-order chi connectivity index (χ1) is 8.53. The van der Waals surface area contributed by atoms with Crippen molar-refractivity contribution >= 4 is 27.5 Å². The summed E-state index contributed by atoms with van der Waals surface area (Å²) >= 11 is 1.31. The average molecular weight is 285 g/mol. The van der Waals surface area contributed by atoms with Gasteiger partial charge in [0, 0.05) is 4.90 Å². The van der Waals surface area contributed by atoms with Crippen molar-refractivity contribution in [3.63, 3.8) is 0 Å². The van der Waals surface area contributed by atoms with Gasteiger partial charge in [-0.15, -0.1) is 0 Å². The number of sulfonamides is 1. The van der Waals surface area contributed by atoms with Crippen LogP contribution >= 0.6 is 11.8 Å². The first-order valence-electron chi connectivity index (χ1n) is 4.89. The Hall–Kier alpha value is -1.58. The highest BCUT2D eigenvalue weighted by atomic mass is 32.2. The second-order valence-electron chi connectivity index (χ2n) is 3.30. The number of nitrogens with zero attached hydrogens (tertiary/aromatic N) is 2. The van der Waals surface area contributed by atoms with Crippen LogP contribution in [0.3, 0.4) is 0 Å². The minimum Gasteiger partial charge on any atom is -0.398 e. The molecule has 9 heteroatoms. The molecule has 2 aromatic rings. The van der Waals surface area contributed by atoms with E-state index >= 15 is 0 Å². The Labute approximate surface area is 108 Å². The standard InChI is InChI=1S/C9H11N5O2S2/c1-11-18(15,16)8-3-2-6(4-7(8)10)17-9-12-5-13-14-9/h2-5,11H,10H2,1H3,(H,12,13,14). The van der Waals surface area contributed by atoms with Gasteiger partial charge in [0.05, 0.1) is 5.69 Å². The lowest BCUT2D eigenvalue weighted by atomic mass is 10.3. The predicted octanol–water partition coefficient (Wildman–Crippen LogP) is 0.446. The molecule has 1 heterocycles. The number of hydrogen-bond donors (Lipinski definition) is 3. The fourth-order valence-corrected chi connectivity index (χ4v) is 2.88. The molecular formula is C9H11N5O2S2. The van der Waals surface area contributed by atoms with Gasteiger partial charge in [0.2, 0.25) is 10.0 Å². The summed E-state index contributed by atoms with van der Waals surface area (Å²) in [6.07, 6.45) is 1.39. The summed E-state index contributed by atoms with van der Waals surface area (Å²) in [7, 11) is -2.19. The Morgan fingerprint density at radius 2 is 2.22 bits per heavy atom. The minimum absolute atomic E-state index is 0.0620. The van der Waals surface area contributed by atoms with Crippen molar-refractivity contribution in [2.24, 2.45) is 0 Å². The van der Waals surface area contributed by atoms with Gasteiger partial charge in [0.15, 0.2) is 5.16 Å². The molecule has 0 radical (unpaired) electrons. The predicted molar refractivity (Wildman–Crippen MR) is 67.6 cm³/mol. The molecule has 0 unspecified atom stereocenters. The van der Waals surface area contributed by atoms with E-state index in [1.165, 1.54) is 31.2 Å². The maximum absolute atomic E-state index is 11.6. The molecule has 1 aromatic heterocycles. The topological polar surface area (TPSA) is 114 Å². The van der Waals surface area contributed by atoms with Crippen molar-refractivity contribution < 1.29 is 8.42 Å². The quantitative estimate of drug-likeness (QED) is 0.703. The highest BCUT2D eigenvalue weighted by molar-refractivity contribution is 7.99. The molecular weight excluding hydrogens is 274 g/mol. The van der Waals surface area contributed by atoms with E-state index in [9.17, 15) is 8.42 Å². The van der Waals surface area contributed by atoms with Crippen molar-refractivity contribution in [1.82, 2.24) is 19.9 Å². The third-order valence-electron chi connectivity index (χ3n) is 2.15. The van der Waals surface area contributed by atoms with E-state index in [4.69, 9.17) is 5.73 Å². The van der Waals surface area contributed by atoms with E-state index in [1.54, 1.807) is 12.1 Å². The molecule has 2 rings (SSSR count). The van der Waals surface area contributed by atoms with Crippen LogP contribution in [0, 0.1) is 0 Å². The largest absolute Gasteiger partial charge is 0.398 e. The Kier molecular flexibility index (Phi) is 3.55. The van der Waals surface area contributed by atoms with E-state index in [0.717, 1.165) is 4.90 Å². The smallest absolute Gasteiger partial charge is 0.242 e. The summed E-state index contributed by atoms with van der Waals surface area (Å²) in [5, 5.41) is 7.02. The van der Waals surface area contributed by atoms with Gasteiger partial charge >= 0.3 is 0 Å². The SMILES string of the molecule is CNS(=O)(=O)c1ccc(Sc2ncn[nH]2)cc1N. The Bertz CT molecular complexity index is 639. The van der Waals surface area contributed by atoms with E-state index in [0.29, 0.717) is 5.16 Å². The Morgan fingerprint density at radius 1 is 1.44 bits per heavy atom. The highest BCUT2D eigenvalue weighted by Gasteiger charge is 2.15. The van der Waals surface area contributed by atoms with Gasteiger partial charge in [-0.05, 0) is 25.2 Å². The van der Waals surface area contributed by atoms with Crippen molar-refractivity contribution in [1.29, 1.82) is 0 Å². The fourth-order valence-electron chi connectivity index (χ4n) is 1.30. The molecule has 0 saturated carbocycles. The third kappa shape index (κ3) is 2.63. The number of nitrogens with one attached hydrogen (secondary N) is 2. The van der Waals surface area contributed by atoms with E-state index in [1.807, 2.05) is 0 Å². The van der Waals surface area contributed by atoms with Gasteiger partial charge < -0.3 is 5.73 Å². The molecule has 18 heavy (non-hydrogen) atoms. The summed E-state index contributed by atoms with van der Waals surface area (Å²) in [5.74, 6) is 0. The third-order valence-corrected chi connectivity index (χ3v) is 4.51. The number of aromatic nitrogens is 3. The van der Waals surface area contributed by atoms with Crippen LogP contribution in [0.4, 0.5) is 5.69 Å². The molecule has 0 aliphatic heterocycles. The summed E-state index contributed by atoms with van der Waals surface area (Å²) in [6, 6.07) is 4.70. The number of aromatic amines is 1. The minimum atomic E-state index is -3.53. The summed E-state index contributed by atoms with van der Waals surface area (Å²) in [6.45, 7) is 0. The number of benzene rings is 1. The van der Waals surface area contributed by atoms with Crippen LogP contribution < -0.4 is 10.5 Å². The molecule has 96 valence electrons. The van der Waals surface area contributed by atoms with E-state index < -0.39 is 10.0 Å². The van der Waals surface area contributed by atoms with Crippen LogP contribution in [0.1, 0.15) is 0 Å². The van der Waals surface area contributed by atoms with Crippen LogP contribution in [-0.4, -0.2) is 30.6 Å². The molecule has 0 aliphatic rings. The second-order valence-corrected chi connectivity index (χ2v) is 6.22. The normalized spacial score (nSPS) is 11.6. The van der Waals surface area contributed by atoms with Crippen LogP contribution in [0.15, 0.2) is 39.5 Å². The van der Waals surface area contributed by atoms with Crippen LogP contribution in [0.25, 0.3) is 0 Å². The molecule has 0 atom stereocenters. The zero-order valence-electron chi connectivity index (χ0n) is 9.41. The first kappa shape index (κ1) is 12.9. The fraction of sp³-hybridized carbons (Fsp3) is 0.111. The second kappa shape index (κ2) is 4.96. The lowest BCUT2D eigenvalue weighted by molar-refractivity contribution is 0.588. The molecule has 0 fully saturated rings. The van der Waals surface area contributed by atoms with Gasteiger partial charge in [-0.3, -0.25) is 5.10 Å². The molecule has 0 spiro atoms. The zero-order valence-corrected chi connectivity index (χ0v) is 11.0. The molecule has 4 N–H and O–H groups in total. The van der Waals surface area contributed by atoms with Gasteiger partial charge in [-0.1, -0.05) is 11.8 Å². The van der Waals surface area contributed by atoms with Crippen molar-refractivity contribution in [3.05, 3.63) is 24.5 Å². The van der Waals surface area contributed by atoms with E-state index in [-0.39, 0.29) is 10.6 Å².